The molecule has 35 heavy (non-hydrogen) atoms. The second-order valence-electron chi connectivity index (χ2n) is 9.19. The van der Waals surface area contributed by atoms with E-state index in [1.807, 2.05) is 32.2 Å². The van der Waals surface area contributed by atoms with E-state index in [1.165, 1.54) is 0 Å². The number of nitrogens with zero attached hydrogens (tertiary/aromatic N) is 7. The van der Waals surface area contributed by atoms with Crippen molar-refractivity contribution >= 4 is 11.9 Å². The molecule has 1 atom stereocenters. The Kier molecular flexibility index (Phi) is 6.59. The van der Waals surface area contributed by atoms with Gasteiger partial charge in [-0.3, -0.25) is 14.5 Å². The number of nitrogen functional groups attached to an aromatic ring is 1. The van der Waals surface area contributed by atoms with Gasteiger partial charge in [0.2, 0.25) is 11.9 Å². The molecule has 11 nitrogen and oxygen atoms in total. The van der Waals surface area contributed by atoms with Gasteiger partial charge in [-0.2, -0.15) is 10.1 Å². The van der Waals surface area contributed by atoms with Crippen molar-refractivity contribution < 1.29 is 9.32 Å². The van der Waals surface area contributed by atoms with Gasteiger partial charge in [-0.05, 0) is 38.3 Å². The second kappa shape index (κ2) is 9.61. The molecule has 0 aliphatic rings. The third-order valence-corrected chi connectivity index (χ3v) is 6.01. The third-order valence-electron chi connectivity index (χ3n) is 6.01. The predicted octanol–water partition coefficient (Wildman–Crippen LogP) is 2.85. The lowest BCUT2D eigenvalue weighted by Gasteiger charge is -2.30. The van der Waals surface area contributed by atoms with Crippen molar-refractivity contribution in [3.05, 3.63) is 54.5 Å². The van der Waals surface area contributed by atoms with E-state index >= 15 is 0 Å². The lowest BCUT2D eigenvalue weighted by Crippen LogP contribution is -2.33. The van der Waals surface area contributed by atoms with Crippen molar-refractivity contribution in [2.45, 2.75) is 52.6 Å². The maximum Gasteiger partial charge on any atom is 0.261 e. The summed E-state index contributed by atoms with van der Waals surface area (Å²) in [5.74, 6) is 1.12. The minimum Gasteiger partial charge on any atom is -0.368 e. The Hall–Kier alpha value is -4.15. The zero-order valence-corrected chi connectivity index (χ0v) is 20.4. The number of hydrogen-bond acceptors (Lipinski definition) is 9. The number of carbonyl (C=O) groups is 1. The first-order valence-corrected chi connectivity index (χ1v) is 11.4. The average Bonchev–Trinajstić information content (AvgIpc) is 3.48. The van der Waals surface area contributed by atoms with Crippen LogP contribution >= 0.6 is 0 Å². The van der Waals surface area contributed by atoms with Crippen LogP contribution in [0, 0.1) is 5.92 Å². The van der Waals surface area contributed by atoms with Crippen molar-refractivity contribution in [1.82, 2.24) is 40.2 Å². The normalized spacial score (nSPS) is 13.2. The molecule has 182 valence electrons. The first-order chi connectivity index (χ1) is 16.7. The Labute approximate surface area is 203 Å². The van der Waals surface area contributed by atoms with Crippen LogP contribution in [0.5, 0.6) is 0 Å². The topological polar surface area (TPSA) is 151 Å². The summed E-state index contributed by atoms with van der Waals surface area (Å²) in [6.45, 7) is 10.2. The van der Waals surface area contributed by atoms with E-state index in [0.717, 1.165) is 16.8 Å². The number of pyridine rings is 1. The lowest BCUT2D eigenvalue weighted by atomic mass is 9.73. The Morgan fingerprint density at radius 1 is 1.09 bits per heavy atom. The highest BCUT2D eigenvalue weighted by molar-refractivity contribution is 5.76. The van der Waals surface area contributed by atoms with Crippen LogP contribution in [-0.4, -0.2) is 46.8 Å². The van der Waals surface area contributed by atoms with Crippen LogP contribution in [0.4, 0.5) is 5.95 Å². The fourth-order valence-corrected chi connectivity index (χ4v) is 3.69. The number of nitrogens with one attached hydrogen (secondary N) is 1. The smallest absolute Gasteiger partial charge is 0.261 e. The summed E-state index contributed by atoms with van der Waals surface area (Å²) in [6.07, 6.45) is 8.42. The van der Waals surface area contributed by atoms with E-state index in [4.69, 9.17) is 10.3 Å². The maximum absolute atomic E-state index is 12.0. The summed E-state index contributed by atoms with van der Waals surface area (Å²) in [5.41, 5.74) is 8.12. The molecule has 4 aromatic rings. The molecule has 0 saturated heterocycles. The lowest BCUT2D eigenvalue weighted by molar-refractivity contribution is -0.122. The van der Waals surface area contributed by atoms with Crippen LogP contribution in [0.15, 0.2) is 47.6 Å². The summed E-state index contributed by atoms with van der Waals surface area (Å²) >= 11 is 0. The number of nitrogens with two attached hydrogens (primary N) is 1. The Balaban J connectivity index is 1.58. The van der Waals surface area contributed by atoms with Crippen LogP contribution in [0.2, 0.25) is 0 Å². The molecule has 4 rings (SSSR count). The largest absolute Gasteiger partial charge is 0.368 e. The Morgan fingerprint density at radius 3 is 2.46 bits per heavy atom. The summed E-state index contributed by atoms with van der Waals surface area (Å²) in [6, 6.07) is 3.98. The fourth-order valence-electron chi connectivity index (χ4n) is 3.69. The number of rotatable bonds is 8. The highest BCUT2D eigenvalue weighted by Crippen LogP contribution is 2.38. The highest BCUT2D eigenvalue weighted by atomic mass is 16.5. The summed E-state index contributed by atoms with van der Waals surface area (Å²) < 4.78 is 7.14. The SMILES string of the molecule is CC(C)NC(=O)Cn1cc(-c2nc([C@@](C)(c3ccc(-c4cnc(N)nc4)nc3)C(C)C)no2)cn1. The van der Waals surface area contributed by atoms with Crippen LogP contribution < -0.4 is 11.1 Å². The summed E-state index contributed by atoms with van der Waals surface area (Å²) in [4.78, 5) is 29.4. The fraction of sp³-hybridized carbons (Fsp3) is 0.375. The van der Waals surface area contributed by atoms with E-state index in [9.17, 15) is 4.79 Å². The highest BCUT2D eigenvalue weighted by Gasteiger charge is 2.38. The number of carbonyl (C=O) groups excluding carboxylic acids is 1. The van der Waals surface area contributed by atoms with Crippen molar-refractivity contribution in [1.29, 1.82) is 0 Å². The van der Waals surface area contributed by atoms with Gasteiger partial charge in [0.15, 0.2) is 5.82 Å². The average molecular weight is 476 g/mol. The van der Waals surface area contributed by atoms with E-state index in [-0.39, 0.29) is 30.4 Å². The molecule has 3 N–H and O–H groups in total. The van der Waals surface area contributed by atoms with Crippen LogP contribution in [0.1, 0.15) is 46.0 Å². The first kappa shape index (κ1) is 24.0. The molecule has 0 saturated carbocycles. The Morgan fingerprint density at radius 2 is 1.83 bits per heavy atom. The first-order valence-electron chi connectivity index (χ1n) is 11.4. The van der Waals surface area contributed by atoms with E-state index in [1.54, 1.807) is 29.5 Å². The number of anilines is 1. The van der Waals surface area contributed by atoms with Gasteiger partial charge in [-0.15, -0.1) is 0 Å². The van der Waals surface area contributed by atoms with Gasteiger partial charge in [-0.1, -0.05) is 25.1 Å². The van der Waals surface area contributed by atoms with Crippen LogP contribution in [0.25, 0.3) is 22.7 Å². The molecule has 0 aromatic carbocycles. The Bertz CT molecular complexity index is 1290. The molecule has 1 amide bonds. The van der Waals surface area contributed by atoms with Crippen LogP contribution in [0.3, 0.4) is 0 Å². The van der Waals surface area contributed by atoms with Crippen LogP contribution in [-0.2, 0) is 16.8 Å². The molecule has 0 fully saturated rings. The van der Waals surface area contributed by atoms with Gasteiger partial charge in [0.05, 0.1) is 22.9 Å². The molecule has 0 spiro atoms. The minimum absolute atomic E-state index is 0.0631. The standard InChI is InChI=1S/C24H29N9O2/c1-14(2)24(5,18-6-7-19(26-11-18)16-8-27-23(25)28-9-16)22-31-21(35-32-22)17-10-29-33(12-17)13-20(34)30-15(3)4/h6-12,14-15H,13H2,1-5H3,(H,30,34)(H2,25,27,28)/t24-/m1/s1. The predicted molar refractivity (Wildman–Crippen MR) is 130 cm³/mol. The van der Waals surface area contributed by atoms with Gasteiger partial charge in [0, 0.05) is 36.4 Å². The van der Waals surface area contributed by atoms with Crippen molar-refractivity contribution in [3.63, 3.8) is 0 Å². The van der Waals surface area contributed by atoms with Gasteiger partial charge in [0.25, 0.3) is 5.89 Å². The van der Waals surface area contributed by atoms with Gasteiger partial charge < -0.3 is 15.6 Å². The number of aromatic nitrogens is 7. The van der Waals surface area contributed by atoms with E-state index in [0.29, 0.717) is 17.3 Å². The molecular formula is C24H29N9O2. The zero-order chi connectivity index (χ0) is 25.2. The quantitative estimate of drug-likeness (QED) is 0.392. The molecular weight excluding hydrogens is 446 g/mol. The van der Waals surface area contributed by atoms with Crippen molar-refractivity contribution in [2.75, 3.05) is 5.73 Å². The van der Waals surface area contributed by atoms with Gasteiger partial charge in [-0.25, -0.2) is 9.97 Å². The number of hydrogen-bond donors (Lipinski definition) is 2. The summed E-state index contributed by atoms with van der Waals surface area (Å²) in [5, 5.41) is 11.4. The monoisotopic (exact) mass is 475 g/mol. The van der Waals surface area contributed by atoms with Gasteiger partial charge >= 0.3 is 0 Å². The molecule has 0 unspecified atom stereocenters. The molecule has 4 heterocycles. The molecule has 11 heteroatoms. The molecule has 0 radical (unpaired) electrons. The van der Waals surface area contributed by atoms with E-state index < -0.39 is 5.41 Å². The second-order valence-corrected chi connectivity index (χ2v) is 9.19. The maximum atomic E-state index is 12.0. The molecule has 0 aliphatic heterocycles. The van der Waals surface area contributed by atoms with Gasteiger partial charge in [0.1, 0.15) is 6.54 Å². The number of amides is 1. The molecule has 0 bridgehead atoms. The van der Waals surface area contributed by atoms with Crippen molar-refractivity contribution in [3.8, 4) is 22.7 Å². The summed E-state index contributed by atoms with van der Waals surface area (Å²) in [7, 11) is 0. The minimum atomic E-state index is -0.557. The van der Waals surface area contributed by atoms with E-state index in [2.05, 4.69) is 56.3 Å². The molecule has 0 aliphatic carbocycles. The van der Waals surface area contributed by atoms with Crippen molar-refractivity contribution in [2.24, 2.45) is 5.92 Å². The molecule has 4 aromatic heterocycles. The zero-order valence-electron chi connectivity index (χ0n) is 20.4. The third kappa shape index (κ3) is 5.03.